The van der Waals surface area contributed by atoms with Crippen molar-refractivity contribution in [3.63, 3.8) is 0 Å². The molecule has 0 aliphatic carbocycles. The van der Waals surface area contributed by atoms with Crippen LogP contribution in [0.3, 0.4) is 0 Å². The Bertz CT molecular complexity index is 1080. The third kappa shape index (κ3) is 3.87. The van der Waals surface area contributed by atoms with Crippen molar-refractivity contribution in [1.82, 2.24) is 9.97 Å². The van der Waals surface area contributed by atoms with Crippen molar-refractivity contribution in [3.05, 3.63) is 78.4 Å². The number of nitrogens with one attached hydrogen (secondary N) is 1. The minimum atomic E-state index is -0.0942. The summed E-state index contributed by atoms with van der Waals surface area (Å²) in [6.45, 7) is 2.04. The van der Waals surface area contributed by atoms with Gasteiger partial charge in [-0.3, -0.25) is 9.78 Å². The molecule has 2 aromatic carbocycles. The van der Waals surface area contributed by atoms with Gasteiger partial charge in [0.2, 0.25) is 5.91 Å². The molecular weight excluding hydrogens is 338 g/mol. The van der Waals surface area contributed by atoms with Crippen LogP contribution in [0.4, 0.5) is 5.69 Å². The molecular formula is C22H19N3O2. The summed E-state index contributed by atoms with van der Waals surface area (Å²) in [5.41, 5.74) is 3.67. The molecule has 0 saturated carbocycles. The van der Waals surface area contributed by atoms with Gasteiger partial charge in [-0.1, -0.05) is 48.0 Å². The van der Waals surface area contributed by atoms with E-state index in [4.69, 9.17) is 4.42 Å². The molecule has 0 saturated heterocycles. The fraction of sp³-hybridized carbons (Fsp3) is 0.136. The highest BCUT2D eigenvalue weighted by atomic mass is 16.4. The molecule has 0 atom stereocenters. The summed E-state index contributed by atoms with van der Waals surface area (Å²) < 4.78 is 5.78. The van der Waals surface area contributed by atoms with Crippen molar-refractivity contribution < 1.29 is 9.21 Å². The van der Waals surface area contributed by atoms with Gasteiger partial charge in [0.25, 0.3) is 0 Å². The van der Waals surface area contributed by atoms with Crippen molar-refractivity contribution in [2.24, 2.45) is 0 Å². The number of aromatic nitrogens is 2. The van der Waals surface area contributed by atoms with E-state index in [1.165, 1.54) is 5.56 Å². The molecule has 0 unspecified atom stereocenters. The molecule has 0 aliphatic rings. The summed E-state index contributed by atoms with van der Waals surface area (Å²) in [5, 5.41) is 3.92. The molecule has 134 valence electrons. The number of hydrogen-bond acceptors (Lipinski definition) is 4. The van der Waals surface area contributed by atoms with Crippen LogP contribution < -0.4 is 5.32 Å². The minimum Gasteiger partial charge on any atom is -0.441 e. The molecule has 0 aliphatic heterocycles. The maximum atomic E-state index is 12.3. The molecule has 2 aromatic heterocycles. The summed E-state index contributed by atoms with van der Waals surface area (Å²) in [7, 11) is 0. The van der Waals surface area contributed by atoms with Gasteiger partial charge in [0, 0.05) is 30.0 Å². The first kappa shape index (κ1) is 17.0. The lowest BCUT2D eigenvalue weighted by atomic mass is 10.1. The van der Waals surface area contributed by atoms with E-state index in [1.54, 1.807) is 12.4 Å². The Morgan fingerprint density at radius 3 is 2.70 bits per heavy atom. The topological polar surface area (TPSA) is 68.0 Å². The van der Waals surface area contributed by atoms with Crippen LogP contribution >= 0.6 is 0 Å². The fourth-order valence-corrected chi connectivity index (χ4v) is 2.92. The number of benzene rings is 2. The van der Waals surface area contributed by atoms with Crippen molar-refractivity contribution >= 4 is 22.5 Å². The summed E-state index contributed by atoms with van der Waals surface area (Å²) >= 11 is 0. The maximum Gasteiger partial charge on any atom is 0.224 e. The standard InChI is InChI=1S/C22H19N3O2/c1-15-7-9-16(10-8-15)19-14-24-21(27-19)12-11-20(26)25-18-6-2-4-17-5-3-13-23-22(17)18/h2-10,13-14H,11-12H2,1H3,(H,25,26). The van der Waals surface area contributed by atoms with Crippen molar-refractivity contribution in [1.29, 1.82) is 0 Å². The van der Waals surface area contributed by atoms with Gasteiger partial charge in [0.05, 0.1) is 17.4 Å². The third-order valence-corrected chi connectivity index (χ3v) is 4.36. The Kier molecular flexibility index (Phi) is 4.66. The number of anilines is 1. The van der Waals surface area contributed by atoms with Crippen LogP contribution in [-0.2, 0) is 11.2 Å². The van der Waals surface area contributed by atoms with Crippen molar-refractivity contribution in [3.8, 4) is 11.3 Å². The Labute approximate surface area is 157 Å². The number of nitrogens with zero attached hydrogens (tertiary/aromatic N) is 2. The van der Waals surface area contributed by atoms with E-state index < -0.39 is 0 Å². The smallest absolute Gasteiger partial charge is 0.224 e. The largest absolute Gasteiger partial charge is 0.441 e. The number of pyridine rings is 1. The number of fused-ring (bicyclic) bond motifs is 1. The molecule has 1 amide bonds. The van der Waals surface area contributed by atoms with Crippen LogP contribution in [0.15, 0.2) is 71.4 Å². The Morgan fingerprint density at radius 2 is 1.85 bits per heavy atom. The Hall–Kier alpha value is -3.47. The van der Waals surface area contributed by atoms with Gasteiger partial charge >= 0.3 is 0 Å². The Morgan fingerprint density at radius 1 is 1.04 bits per heavy atom. The van der Waals surface area contributed by atoms with Gasteiger partial charge in [-0.25, -0.2) is 4.98 Å². The van der Waals surface area contributed by atoms with Gasteiger partial charge in [-0.05, 0) is 19.1 Å². The van der Waals surface area contributed by atoms with E-state index in [9.17, 15) is 4.79 Å². The Balaban J connectivity index is 1.40. The monoisotopic (exact) mass is 357 g/mol. The molecule has 0 bridgehead atoms. The first-order valence-electron chi connectivity index (χ1n) is 8.84. The molecule has 5 heteroatoms. The first-order valence-corrected chi connectivity index (χ1v) is 8.84. The number of aryl methyl sites for hydroxylation is 2. The first-order chi connectivity index (χ1) is 13.2. The highest BCUT2D eigenvalue weighted by molar-refractivity contribution is 6.00. The van der Waals surface area contributed by atoms with Crippen molar-refractivity contribution in [2.45, 2.75) is 19.8 Å². The van der Waals surface area contributed by atoms with Crippen LogP contribution in [0.25, 0.3) is 22.2 Å². The normalized spacial score (nSPS) is 10.9. The second-order valence-corrected chi connectivity index (χ2v) is 6.41. The molecule has 5 nitrogen and oxygen atoms in total. The zero-order valence-electron chi connectivity index (χ0n) is 15.0. The van der Waals surface area contributed by atoms with E-state index in [-0.39, 0.29) is 12.3 Å². The van der Waals surface area contributed by atoms with Crippen LogP contribution in [0.2, 0.25) is 0 Å². The van der Waals surface area contributed by atoms with E-state index in [1.807, 2.05) is 61.5 Å². The van der Waals surface area contributed by atoms with Crippen LogP contribution in [0.5, 0.6) is 0 Å². The molecule has 1 N–H and O–H groups in total. The summed E-state index contributed by atoms with van der Waals surface area (Å²) in [4.78, 5) is 21.0. The van der Waals surface area contributed by atoms with Gasteiger partial charge in [0.1, 0.15) is 0 Å². The zero-order chi connectivity index (χ0) is 18.6. The molecule has 0 spiro atoms. The van der Waals surface area contributed by atoms with E-state index in [2.05, 4.69) is 15.3 Å². The average molecular weight is 357 g/mol. The molecule has 4 aromatic rings. The summed E-state index contributed by atoms with van der Waals surface area (Å²) in [5.74, 6) is 1.17. The van der Waals surface area contributed by atoms with E-state index >= 15 is 0 Å². The molecule has 27 heavy (non-hydrogen) atoms. The quantitative estimate of drug-likeness (QED) is 0.559. The van der Waals surface area contributed by atoms with E-state index in [0.29, 0.717) is 23.8 Å². The highest BCUT2D eigenvalue weighted by Gasteiger charge is 2.10. The number of carbonyl (C=O) groups excluding carboxylic acids is 1. The second kappa shape index (κ2) is 7.41. The molecule has 4 rings (SSSR count). The lowest BCUT2D eigenvalue weighted by Gasteiger charge is -2.07. The average Bonchev–Trinajstić information content (AvgIpc) is 3.16. The SMILES string of the molecule is Cc1ccc(-c2cnc(CCC(=O)Nc3cccc4cccnc34)o2)cc1. The number of carbonyl (C=O) groups is 1. The van der Waals surface area contributed by atoms with Crippen LogP contribution in [0, 0.1) is 6.92 Å². The second-order valence-electron chi connectivity index (χ2n) is 6.41. The van der Waals surface area contributed by atoms with Gasteiger partial charge in [0.15, 0.2) is 11.7 Å². The number of rotatable bonds is 5. The lowest BCUT2D eigenvalue weighted by Crippen LogP contribution is -2.12. The third-order valence-electron chi connectivity index (χ3n) is 4.36. The lowest BCUT2D eigenvalue weighted by molar-refractivity contribution is -0.116. The molecule has 0 fully saturated rings. The fourth-order valence-electron chi connectivity index (χ4n) is 2.92. The number of para-hydroxylation sites is 1. The van der Waals surface area contributed by atoms with Crippen LogP contribution in [-0.4, -0.2) is 15.9 Å². The summed E-state index contributed by atoms with van der Waals surface area (Å²) in [6, 6.07) is 17.6. The predicted octanol–water partition coefficient (Wildman–Crippen LogP) is 4.77. The maximum absolute atomic E-state index is 12.3. The number of hydrogen-bond donors (Lipinski definition) is 1. The van der Waals surface area contributed by atoms with Gasteiger partial charge in [-0.2, -0.15) is 0 Å². The molecule has 2 heterocycles. The minimum absolute atomic E-state index is 0.0942. The van der Waals surface area contributed by atoms with E-state index in [0.717, 1.165) is 16.5 Å². The van der Waals surface area contributed by atoms with Crippen LogP contribution in [0.1, 0.15) is 17.9 Å². The zero-order valence-corrected chi connectivity index (χ0v) is 15.0. The number of amides is 1. The molecule has 0 radical (unpaired) electrons. The van der Waals surface area contributed by atoms with Gasteiger partial charge < -0.3 is 9.73 Å². The highest BCUT2D eigenvalue weighted by Crippen LogP contribution is 2.22. The number of oxazole rings is 1. The summed E-state index contributed by atoms with van der Waals surface area (Å²) in [6.07, 6.45) is 4.15. The van der Waals surface area contributed by atoms with Crippen molar-refractivity contribution in [2.75, 3.05) is 5.32 Å². The van der Waals surface area contributed by atoms with Gasteiger partial charge in [-0.15, -0.1) is 0 Å². The predicted molar refractivity (Wildman–Crippen MR) is 105 cm³/mol.